The van der Waals surface area contributed by atoms with Crippen LogP contribution in [0.3, 0.4) is 0 Å². The Morgan fingerprint density at radius 1 is 1.47 bits per heavy atom. The fourth-order valence-electron chi connectivity index (χ4n) is 1.60. The molecule has 0 aliphatic carbocycles. The van der Waals surface area contributed by atoms with Gasteiger partial charge in [0, 0.05) is 24.2 Å². The minimum atomic E-state index is -0.479. The molecule has 6 nitrogen and oxygen atoms in total. The van der Waals surface area contributed by atoms with Gasteiger partial charge in [0.05, 0.1) is 15.6 Å². The summed E-state index contributed by atoms with van der Waals surface area (Å²) < 4.78 is 1.60. The molecule has 1 heterocycles. The third-order valence-electron chi connectivity index (χ3n) is 2.64. The first-order valence-electron chi connectivity index (χ1n) is 5.92. The van der Waals surface area contributed by atoms with Crippen molar-refractivity contribution in [1.82, 2.24) is 9.88 Å². The van der Waals surface area contributed by atoms with Crippen LogP contribution in [-0.4, -0.2) is 21.6 Å². The maximum Gasteiger partial charge on any atom is 0.289 e. The summed E-state index contributed by atoms with van der Waals surface area (Å²) in [5.74, 6) is 0. The van der Waals surface area contributed by atoms with Crippen molar-refractivity contribution in [3.63, 3.8) is 0 Å². The zero-order valence-electron chi connectivity index (χ0n) is 11.5. The molecule has 0 radical (unpaired) electrons. The highest BCUT2D eigenvalue weighted by atomic mass is 79.9. The number of pyridine rings is 1. The molecule has 0 bridgehead atoms. The fourth-order valence-corrected chi connectivity index (χ4v) is 2.03. The lowest BCUT2D eigenvalue weighted by atomic mass is 10.1. The van der Waals surface area contributed by atoms with E-state index in [-0.39, 0.29) is 21.3 Å². The van der Waals surface area contributed by atoms with Gasteiger partial charge >= 0.3 is 0 Å². The van der Waals surface area contributed by atoms with Gasteiger partial charge < -0.3 is 9.88 Å². The van der Waals surface area contributed by atoms with Crippen molar-refractivity contribution in [1.29, 1.82) is 0 Å². The van der Waals surface area contributed by atoms with Crippen molar-refractivity contribution in [2.45, 2.75) is 39.8 Å². The van der Waals surface area contributed by atoms with Crippen LogP contribution in [-0.2, 0) is 6.54 Å². The van der Waals surface area contributed by atoms with Gasteiger partial charge in [-0.3, -0.25) is 14.9 Å². The number of hydrogen-bond donors (Lipinski definition) is 1. The maximum atomic E-state index is 12.0. The van der Waals surface area contributed by atoms with E-state index in [4.69, 9.17) is 0 Å². The van der Waals surface area contributed by atoms with Crippen LogP contribution in [0.4, 0.5) is 5.69 Å². The van der Waals surface area contributed by atoms with E-state index in [1.165, 1.54) is 10.8 Å². The minimum absolute atomic E-state index is 0.0535. The molecule has 0 amide bonds. The summed E-state index contributed by atoms with van der Waals surface area (Å²) in [6, 6.07) is 0. The average Bonchev–Trinajstić information content (AvgIpc) is 2.27. The highest BCUT2D eigenvalue weighted by Crippen LogP contribution is 2.21. The Hall–Kier alpha value is -1.21. The van der Waals surface area contributed by atoms with Gasteiger partial charge in [0.1, 0.15) is 0 Å². The molecule has 0 aliphatic rings. The van der Waals surface area contributed by atoms with E-state index in [1.54, 1.807) is 6.92 Å². The first-order chi connectivity index (χ1) is 8.63. The van der Waals surface area contributed by atoms with Crippen LogP contribution >= 0.6 is 15.9 Å². The second-order valence-electron chi connectivity index (χ2n) is 5.39. The smallest absolute Gasteiger partial charge is 0.289 e. The number of halogens is 1. The zero-order chi connectivity index (χ0) is 14.8. The molecule has 0 aromatic carbocycles. The zero-order valence-corrected chi connectivity index (χ0v) is 13.1. The predicted molar refractivity (Wildman–Crippen MR) is 77.5 cm³/mol. The van der Waals surface area contributed by atoms with Crippen LogP contribution in [0.15, 0.2) is 15.5 Å². The van der Waals surface area contributed by atoms with Crippen molar-refractivity contribution in [2.75, 3.05) is 6.54 Å². The normalized spacial score (nSPS) is 11.6. The van der Waals surface area contributed by atoms with Gasteiger partial charge in [-0.2, -0.15) is 0 Å². The Morgan fingerprint density at radius 3 is 2.53 bits per heavy atom. The summed E-state index contributed by atoms with van der Waals surface area (Å²) in [7, 11) is 0. The molecule has 1 rings (SSSR count). The number of rotatable bonds is 4. The van der Waals surface area contributed by atoms with E-state index in [9.17, 15) is 14.9 Å². The Bertz CT molecular complexity index is 546. The number of aromatic nitrogens is 1. The van der Waals surface area contributed by atoms with Crippen LogP contribution in [0, 0.1) is 17.0 Å². The van der Waals surface area contributed by atoms with Gasteiger partial charge in [-0.05, 0) is 43.6 Å². The molecule has 0 saturated carbocycles. The van der Waals surface area contributed by atoms with E-state index < -0.39 is 4.92 Å². The van der Waals surface area contributed by atoms with Crippen molar-refractivity contribution in [3.05, 3.63) is 36.7 Å². The third kappa shape index (κ3) is 4.14. The monoisotopic (exact) mass is 331 g/mol. The molecule has 106 valence electrons. The van der Waals surface area contributed by atoms with E-state index in [1.807, 2.05) is 20.8 Å². The number of nitrogens with zero attached hydrogens (tertiary/aromatic N) is 2. The van der Waals surface area contributed by atoms with E-state index in [0.29, 0.717) is 18.7 Å². The van der Waals surface area contributed by atoms with Crippen LogP contribution in [0.5, 0.6) is 0 Å². The lowest BCUT2D eigenvalue weighted by Crippen LogP contribution is -2.39. The van der Waals surface area contributed by atoms with Crippen LogP contribution in [0.25, 0.3) is 0 Å². The van der Waals surface area contributed by atoms with Gasteiger partial charge in [0.25, 0.3) is 11.2 Å². The molecule has 0 saturated heterocycles. The first-order valence-corrected chi connectivity index (χ1v) is 6.72. The summed E-state index contributed by atoms with van der Waals surface area (Å²) in [5, 5.41) is 14.2. The molecule has 19 heavy (non-hydrogen) atoms. The molecule has 0 atom stereocenters. The largest absolute Gasteiger partial charge is 0.310 e. The van der Waals surface area contributed by atoms with Crippen molar-refractivity contribution >= 4 is 21.6 Å². The average molecular weight is 332 g/mol. The molecule has 0 unspecified atom stereocenters. The second-order valence-corrected chi connectivity index (χ2v) is 6.18. The van der Waals surface area contributed by atoms with Gasteiger partial charge in [-0.1, -0.05) is 0 Å². The van der Waals surface area contributed by atoms with Crippen LogP contribution in [0.2, 0.25) is 0 Å². The van der Waals surface area contributed by atoms with Gasteiger partial charge in [-0.25, -0.2) is 0 Å². The Kier molecular flexibility index (Phi) is 4.86. The summed E-state index contributed by atoms with van der Waals surface area (Å²) in [6.45, 7) is 8.56. The molecule has 7 heteroatoms. The Balaban J connectivity index is 3.02. The summed E-state index contributed by atoms with van der Waals surface area (Å²) in [5.41, 5.74) is -0.00615. The molecule has 0 spiro atoms. The van der Waals surface area contributed by atoms with Crippen molar-refractivity contribution < 1.29 is 4.92 Å². The van der Waals surface area contributed by atoms with E-state index >= 15 is 0 Å². The molecule has 0 fully saturated rings. The highest BCUT2D eigenvalue weighted by Gasteiger charge is 2.18. The van der Waals surface area contributed by atoms with E-state index in [2.05, 4.69) is 21.2 Å². The van der Waals surface area contributed by atoms with Gasteiger partial charge in [0.2, 0.25) is 0 Å². The second kappa shape index (κ2) is 5.83. The summed E-state index contributed by atoms with van der Waals surface area (Å²) in [4.78, 5) is 22.4. The standard InChI is InChI=1S/C12H18BrN3O3/c1-8-9(16(18)19)7-15(11(17)10(8)13)6-5-14-12(2,3)4/h7,14H,5-6H2,1-4H3. The third-order valence-corrected chi connectivity index (χ3v) is 3.58. The molecule has 1 aromatic rings. The molecule has 1 N–H and O–H groups in total. The topological polar surface area (TPSA) is 77.2 Å². The highest BCUT2D eigenvalue weighted by molar-refractivity contribution is 9.10. The SMILES string of the molecule is Cc1c([N+](=O)[O-])cn(CCNC(C)(C)C)c(=O)c1Br. The first kappa shape index (κ1) is 15.8. The Labute approximate surface area is 120 Å². The lowest BCUT2D eigenvalue weighted by molar-refractivity contribution is -0.386. The number of nitro groups is 1. The quantitative estimate of drug-likeness (QED) is 0.677. The lowest BCUT2D eigenvalue weighted by Gasteiger charge is -2.20. The van der Waals surface area contributed by atoms with Crippen molar-refractivity contribution in [3.8, 4) is 0 Å². The minimum Gasteiger partial charge on any atom is -0.310 e. The number of hydrogen-bond acceptors (Lipinski definition) is 4. The maximum absolute atomic E-state index is 12.0. The fraction of sp³-hybridized carbons (Fsp3) is 0.583. The van der Waals surface area contributed by atoms with Gasteiger partial charge in [-0.15, -0.1) is 0 Å². The van der Waals surface area contributed by atoms with Crippen LogP contribution < -0.4 is 10.9 Å². The summed E-state index contributed by atoms with van der Waals surface area (Å²) >= 11 is 3.12. The Morgan fingerprint density at radius 2 is 2.05 bits per heavy atom. The molecular weight excluding hydrogens is 314 g/mol. The summed E-state index contributed by atoms with van der Waals surface area (Å²) in [6.07, 6.45) is 1.30. The molecule has 1 aromatic heterocycles. The number of nitrogens with one attached hydrogen (secondary N) is 1. The van der Waals surface area contributed by atoms with Gasteiger partial charge in [0.15, 0.2) is 0 Å². The van der Waals surface area contributed by atoms with E-state index in [0.717, 1.165) is 0 Å². The van der Waals surface area contributed by atoms with Crippen molar-refractivity contribution in [2.24, 2.45) is 0 Å². The molecule has 0 aliphatic heterocycles. The molecular formula is C12H18BrN3O3. The van der Waals surface area contributed by atoms with Crippen LogP contribution in [0.1, 0.15) is 26.3 Å². The predicted octanol–water partition coefficient (Wildman–Crippen LogP) is 2.22.